The van der Waals surface area contributed by atoms with Crippen molar-refractivity contribution in [3.05, 3.63) is 12.2 Å². The molecule has 1 aliphatic heterocycles. The Hall–Kier alpha value is -0.870. The molecule has 0 aliphatic carbocycles. The number of carbonyl (C=O) groups is 1. The van der Waals surface area contributed by atoms with Gasteiger partial charge < -0.3 is 14.9 Å². The average molecular weight is 312 g/mol. The minimum Gasteiger partial charge on any atom is -0.478 e. The van der Waals surface area contributed by atoms with Crippen LogP contribution in [0.3, 0.4) is 0 Å². The van der Waals surface area contributed by atoms with Gasteiger partial charge in [-0.3, -0.25) is 0 Å². The van der Waals surface area contributed by atoms with Crippen LogP contribution in [0.15, 0.2) is 12.2 Å². The summed E-state index contributed by atoms with van der Waals surface area (Å²) in [5.41, 5.74) is 0. The molecule has 0 aromatic carbocycles. The van der Waals surface area contributed by atoms with Gasteiger partial charge in [0.2, 0.25) is 0 Å². The summed E-state index contributed by atoms with van der Waals surface area (Å²) in [5, 5.41) is 17.1. The van der Waals surface area contributed by atoms with E-state index in [1.165, 1.54) is 44.6 Å². The van der Waals surface area contributed by atoms with Gasteiger partial charge in [-0.25, -0.2) is 4.79 Å². The molecule has 1 rings (SSSR count). The van der Waals surface area contributed by atoms with Crippen molar-refractivity contribution in [1.29, 1.82) is 0 Å². The Morgan fingerprint density at radius 2 is 1.41 bits per heavy atom. The highest BCUT2D eigenvalue weighted by molar-refractivity contribution is 5.79. The largest absolute Gasteiger partial charge is 0.478 e. The molecule has 2 atom stereocenters. The molecule has 0 aromatic rings. The van der Waals surface area contributed by atoms with Crippen LogP contribution in [-0.2, 0) is 9.53 Å². The molecule has 4 heteroatoms. The first-order chi connectivity index (χ1) is 10.7. The molecular weight excluding hydrogens is 280 g/mol. The fourth-order valence-corrected chi connectivity index (χ4v) is 2.82. The van der Waals surface area contributed by atoms with Gasteiger partial charge in [-0.2, -0.15) is 0 Å². The summed E-state index contributed by atoms with van der Waals surface area (Å²) in [4.78, 5) is 10.3. The lowest BCUT2D eigenvalue weighted by molar-refractivity contribution is -0.131. The van der Waals surface area contributed by atoms with E-state index in [-0.39, 0.29) is 0 Å². The Morgan fingerprint density at radius 1 is 0.864 bits per heavy atom. The highest BCUT2D eigenvalue weighted by atomic mass is 16.6. The molecule has 2 N–H and O–H groups in total. The maximum atomic E-state index is 10.3. The van der Waals surface area contributed by atoms with Crippen molar-refractivity contribution in [2.75, 3.05) is 6.61 Å². The number of aliphatic hydroxyl groups excluding tert-OH is 1. The SMILES string of the molecule is O=C(O)C=CCCCCCC1OC1CCCCCCCCO. The zero-order valence-electron chi connectivity index (χ0n) is 13.7. The van der Waals surface area contributed by atoms with Crippen LogP contribution in [0, 0.1) is 0 Å². The molecule has 4 nitrogen and oxygen atoms in total. The first-order valence-electron chi connectivity index (χ1n) is 8.90. The predicted octanol–water partition coefficient (Wildman–Crippen LogP) is 4.07. The third-order valence-corrected chi connectivity index (χ3v) is 4.20. The molecule has 0 bridgehead atoms. The fourth-order valence-electron chi connectivity index (χ4n) is 2.82. The molecular formula is C18H32O4. The highest BCUT2D eigenvalue weighted by Crippen LogP contribution is 2.31. The normalized spacial score (nSPS) is 20.6. The molecule has 1 heterocycles. The first kappa shape index (κ1) is 19.2. The van der Waals surface area contributed by atoms with Crippen molar-refractivity contribution < 1.29 is 19.7 Å². The van der Waals surface area contributed by atoms with E-state index in [9.17, 15) is 4.79 Å². The number of hydrogen-bond donors (Lipinski definition) is 2. The van der Waals surface area contributed by atoms with Gasteiger partial charge in [0.25, 0.3) is 0 Å². The number of aliphatic carboxylic acids is 1. The average Bonchev–Trinajstić information content (AvgIpc) is 3.23. The lowest BCUT2D eigenvalue weighted by atomic mass is 10.0. The van der Waals surface area contributed by atoms with E-state index >= 15 is 0 Å². The minimum atomic E-state index is -0.859. The quantitative estimate of drug-likeness (QED) is 0.272. The third-order valence-electron chi connectivity index (χ3n) is 4.20. The molecule has 1 aliphatic rings. The van der Waals surface area contributed by atoms with Crippen LogP contribution in [0.5, 0.6) is 0 Å². The number of carboxylic acids is 1. The zero-order valence-corrected chi connectivity index (χ0v) is 13.7. The van der Waals surface area contributed by atoms with Crippen LogP contribution in [0.25, 0.3) is 0 Å². The van der Waals surface area contributed by atoms with Crippen LogP contribution >= 0.6 is 0 Å². The number of epoxide rings is 1. The summed E-state index contributed by atoms with van der Waals surface area (Å²) in [6.07, 6.45) is 17.7. The topological polar surface area (TPSA) is 70.1 Å². The summed E-state index contributed by atoms with van der Waals surface area (Å²) in [5.74, 6) is -0.859. The number of carboxylic acid groups (broad SMARTS) is 1. The Bertz CT molecular complexity index is 314. The van der Waals surface area contributed by atoms with Crippen molar-refractivity contribution in [3.63, 3.8) is 0 Å². The van der Waals surface area contributed by atoms with Gasteiger partial charge in [0.05, 0.1) is 12.2 Å². The molecule has 0 spiro atoms. The number of allylic oxidation sites excluding steroid dienone is 1. The Kier molecular flexibility index (Phi) is 11.0. The minimum absolute atomic E-state index is 0.327. The summed E-state index contributed by atoms with van der Waals surface area (Å²) < 4.78 is 5.70. The highest BCUT2D eigenvalue weighted by Gasteiger charge is 2.36. The Balaban J connectivity index is 1.79. The maximum Gasteiger partial charge on any atom is 0.327 e. The van der Waals surface area contributed by atoms with Crippen LogP contribution in [-0.4, -0.2) is 35.0 Å². The van der Waals surface area contributed by atoms with Gasteiger partial charge in [-0.1, -0.05) is 51.0 Å². The van der Waals surface area contributed by atoms with E-state index in [1.54, 1.807) is 6.08 Å². The summed E-state index contributed by atoms with van der Waals surface area (Å²) in [7, 11) is 0. The molecule has 1 fully saturated rings. The van der Waals surface area contributed by atoms with Crippen molar-refractivity contribution in [3.8, 4) is 0 Å². The molecule has 2 unspecified atom stereocenters. The second-order valence-electron chi connectivity index (χ2n) is 6.23. The number of ether oxygens (including phenoxy) is 1. The van der Waals surface area contributed by atoms with Crippen LogP contribution < -0.4 is 0 Å². The smallest absolute Gasteiger partial charge is 0.327 e. The van der Waals surface area contributed by atoms with E-state index in [0.29, 0.717) is 18.8 Å². The van der Waals surface area contributed by atoms with Gasteiger partial charge in [0.1, 0.15) is 0 Å². The predicted molar refractivity (Wildman–Crippen MR) is 87.9 cm³/mol. The molecule has 22 heavy (non-hydrogen) atoms. The lowest BCUT2D eigenvalue weighted by Gasteiger charge is -2.00. The molecule has 0 radical (unpaired) electrons. The van der Waals surface area contributed by atoms with Gasteiger partial charge in [-0.05, 0) is 32.1 Å². The molecule has 1 saturated heterocycles. The molecule has 128 valence electrons. The van der Waals surface area contributed by atoms with Crippen molar-refractivity contribution in [2.24, 2.45) is 0 Å². The Labute approximate surface area is 134 Å². The van der Waals surface area contributed by atoms with Gasteiger partial charge in [0.15, 0.2) is 0 Å². The number of hydrogen-bond acceptors (Lipinski definition) is 3. The first-order valence-corrected chi connectivity index (χ1v) is 8.90. The second-order valence-corrected chi connectivity index (χ2v) is 6.23. The number of aliphatic hydroxyl groups is 1. The number of unbranched alkanes of at least 4 members (excludes halogenated alkanes) is 8. The number of rotatable bonds is 15. The van der Waals surface area contributed by atoms with Crippen LogP contribution in [0.4, 0.5) is 0 Å². The summed E-state index contributed by atoms with van der Waals surface area (Å²) >= 11 is 0. The van der Waals surface area contributed by atoms with E-state index in [2.05, 4.69) is 0 Å². The molecule has 0 amide bonds. The van der Waals surface area contributed by atoms with Crippen molar-refractivity contribution >= 4 is 5.97 Å². The second kappa shape index (κ2) is 12.7. The van der Waals surface area contributed by atoms with Crippen molar-refractivity contribution in [1.82, 2.24) is 0 Å². The van der Waals surface area contributed by atoms with E-state index in [1.807, 2.05) is 0 Å². The fraction of sp³-hybridized carbons (Fsp3) is 0.833. The summed E-state index contributed by atoms with van der Waals surface area (Å²) in [6.45, 7) is 0.327. The zero-order chi connectivity index (χ0) is 16.0. The summed E-state index contributed by atoms with van der Waals surface area (Å²) in [6, 6.07) is 0. The van der Waals surface area contributed by atoms with Crippen molar-refractivity contribution in [2.45, 2.75) is 89.3 Å². The monoisotopic (exact) mass is 312 g/mol. The van der Waals surface area contributed by atoms with Crippen LogP contribution in [0.2, 0.25) is 0 Å². The van der Waals surface area contributed by atoms with E-state index in [0.717, 1.165) is 38.5 Å². The molecule has 0 saturated carbocycles. The van der Waals surface area contributed by atoms with Crippen LogP contribution in [0.1, 0.15) is 77.0 Å². The lowest BCUT2D eigenvalue weighted by Crippen LogP contribution is -1.95. The van der Waals surface area contributed by atoms with E-state index in [4.69, 9.17) is 14.9 Å². The van der Waals surface area contributed by atoms with Gasteiger partial charge in [-0.15, -0.1) is 0 Å². The Morgan fingerprint density at radius 3 is 2.00 bits per heavy atom. The van der Waals surface area contributed by atoms with Gasteiger partial charge >= 0.3 is 5.97 Å². The van der Waals surface area contributed by atoms with Gasteiger partial charge in [0, 0.05) is 12.7 Å². The molecule has 0 aromatic heterocycles. The third kappa shape index (κ3) is 10.8. The standard InChI is InChI=1S/C18H32O4/c19-15-11-7-2-1-4-8-12-16-17(22-16)13-9-5-3-6-10-14-18(20)21/h10,14,16-17,19H,1-9,11-13,15H2,(H,20,21). The van der Waals surface area contributed by atoms with E-state index < -0.39 is 5.97 Å². The maximum absolute atomic E-state index is 10.3.